The summed E-state index contributed by atoms with van der Waals surface area (Å²) in [5, 5.41) is 10.5. The number of aryl methyl sites for hydroxylation is 2. The third-order valence-electron chi connectivity index (χ3n) is 4.57. The second-order valence-electron chi connectivity index (χ2n) is 6.13. The predicted molar refractivity (Wildman–Crippen MR) is 77.6 cm³/mol. The molecule has 1 heterocycles. The average molecular weight is 268 g/mol. The molecule has 2 aliphatic rings. The summed E-state index contributed by atoms with van der Waals surface area (Å²) < 4.78 is 2.15. The normalized spacial score (nSPS) is 19.1. The molecule has 0 amide bonds. The van der Waals surface area contributed by atoms with Gasteiger partial charge in [-0.25, -0.2) is 4.98 Å². The Bertz CT molecular complexity index is 628. The van der Waals surface area contributed by atoms with Crippen molar-refractivity contribution >= 4 is 0 Å². The number of aliphatic hydroxyl groups excluding tert-OH is 1. The van der Waals surface area contributed by atoms with E-state index in [1.807, 2.05) is 12.5 Å². The zero-order valence-electron chi connectivity index (χ0n) is 11.6. The SMILES string of the molecule is OC(Cc1ccc2c(c1)CCC2)c1cncn1C1CC1. The largest absolute Gasteiger partial charge is 0.386 e. The summed E-state index contributed by atoms with van der Waals surface area (Å²) in [5.41, 5.74) is 5.17. The fourth-order valence-corrected chi connectivity index (χ4v) is 3.31. The van der Waals surface area contributed by atoms with E-state index in [9.17, 15) is 5.11 Å². The van der Waals surface area contributed by atoms with E-state index in [-0.39, 0.29) is 0 Å². The first kappa shape index (κ1) is 12.2. The van der Waals surface area contributed by atoms with Crippen molar-refractivity contribution < 1.29 is 5.11 Å². The Morgan fingerprint density at radius 3 is 2.95 bits per heavy atom. The number of imidazole rings is 1. The smallest absolute Gasteiger partial charge is 0.0996 e. The lowest BCUT2D eigenvalue weighted by Crippen LogP contribution is -2.08. The first-order valence-corrected chi connectivity index (χ1v) is 7.62. The number of benzene rings is 1. The Labute approximate surface area is 119 Å². The molecule has 1 fully saturated rings. The van der Waals surface area contributed by atoms with Gasteiger partial charge < -0.3 is 9.67 Å². The van der Waals surface area contributed by atoms with Crippen LogP contribution in [0.5, 0.6) is 0 Å². The van der Waals surface area contributed by atoms with Gasteiger partial charge in [-0.1, -0.05) is 18.2 Å². The van der Waals surface area contributed by atoms with Gasteiger partial charge in [0.15, 0.2) is 0 Å². The standard InChI is InChI=1S/C17H20N2O/c20-17(16-10-18-11-19(16)15-6-7-15)9-12-4-5-13-2-1-3-14(13)8-12/h4-5,8,10-11,15,17,20H,1-3,6-7,9H2. The van der Waals surface area contributed by atoms with Crippen LogP contribution in [-0.4, -0.2) is 14.7 Å². The number of hydrogen-bond donors (Lipinski definition) is 1. The van der Waals surface area contributed by atoms with Gasteiger partial charge in [-0.05, 0) is 48.8 Å². The van der Waals surface area contributed by atoms with Crippen molar-refractivity contribution in [2.75, 3.05) is 0 Å². The van der Waals surface area contributed by atoms with E-state index in [4.69, 9.17) is 0 Å². The molecule has 0 radical (unpaired) electrons. The molecule has 0 bridgehead atoms. The maximum atomic E-state index is 10.5. The average Bonchev–Trinajstić information content (AvgIpc) is 3.01. The van der Waals surface area contributed by atoms with Gasteiger partial charge in [-0.15, -0.1) is 0 Å². The molecule has 1 unspecified atom stereocenters. The van der Waals surface area contributed by atoms with Crippen LogP contribution in [0.25, 0.3) is 0 Å². The minimum atomic E-state index is -0.447. The molecule has 2 aromatic rings. The van der Waals surface area contributed by atoms with Gasteiger partial charge in [-0.3, -0.25) is 0 Å². The summed E-state index contributed by atoms with van der Waals surface area (Å²) in [4.78, 5) is 4.21. The Kier molecular flexibility index (Phi) is 2.88. The molecule has 20 heavy (non-hydrogen) atoms. The maximum Gasteiger partial charge on any atom is 0.0996 e. The second-order valence-corrected chi connectivity index (χ2v) is 6.13. The van der Waals surface area contributed by atoms with Gasteiger partial charge in [0.25, 0.3) is 0 Å². The lowest BCUT2D eigenvalue weighted by molar-refractivity contribution is 0.168. The number of aliphatic hydroxyl groups is 1. The van der Waals surface area contributed by atoms with Crippen molar-refractivity contribution in [2.45, 2.75) is 50.7 Å². The minimum Gasteiger partial charge on any atom is -0.386 e. The first-order chi connectivity index (χ1) is 9.81. The molecule has 3 nitrogen and oxygen atoms in total. The lowest BCUT2D eigenvalue weighted by Gasteiger charge is -2.14. The third-order valence-corrected chi connectivity index (χ3v) is 4.57. The molecule has 1 N–H and O–H groups in total. The number of fused-ring (bicyclic) bond motifs is 1. The van der Waals surface area contributed by atoms with Gasteiger partial charge >= 0.3 is 0 Å². The summed E-state index contributed by atoms with van der Waals surface area (Å²) in [7, 11) is 0. The molecule has 4 rings (SSSR count). The summed E-state index contributed by atoms with van der Waals surface area (Å²) in [6, 6.07) is 7.26. The highest BCUT2D eigenvalue weighted by Crippen LogP contribution is 2.37. The molecule has 0 aliphatic heterocycles. The van der Waals surface area contributed by atoms with Crippen molar-refractivity contribution in [2.24, 2.45) is 0 Å². The Hall–Kier alpha value is -1.61. The Morgan fingerprint density at radius 1 is 1.25 bits per heavy atom. The summed E-state index contributed by atoms with van der Waals surface area (Å²) in [6.07, 6.45) is 10.0. The van der Waals surface area contributed by atoms with E-state index >= 15 is 0 Å². The van der Waals surface area contributed by atoms with Crippen LogP contribution >= 0.6 is 0 Å². The highest BCUT2D eigenvalue weighted by molar-refractivity contribution is 5.35. The van der Waals surface area contributed by atoms with E-state index in [0.717, 1.165) is 5.69 Å². The number of hydrogen-bond acceptors (Lipinski definition) is 2. The van der Waals surface area contributed by atoms with Crippen molar-refractivity contribution in [3.05, 3.63) is 53.1 Å². The number of aromatic nitrogens is 2. The quantitative estimate of drug-likeness (QED) is 0.925. The number of rotatable bonds is 4. The summed E-state index contributed by atoms with van der Waals surface area (Å²) in [6.45, 7) is 0. The van der Waals surface area contributed by atoms with Crippen LogP contribution in [0, 0.1) is 0 Å². The van der Waals surface area contributed by atoms with Gasteiger partial charge in [0.05, 0.1) is 24.3 Å². The molecule has 1 aromatic heterocycles. The third kappa shape index (κ3) is 2.16. The maximum absolute atomic E-state index is 10.5. The van der Waals surface area contributed by atoms with Crippen LogP contribution in [0.4, 0.5) is 0 Å². The number of nitrogens with zero attached hydrogens (tertiary/aromatic N) is 2. The molecule has 0 saturated heterocycles. The van der Waals surface area contributed by atoms with Crippen LogP contribution in [0.3, 0.4) is 0 Å². The molecule has 1 atom stereocenters. The van der Waals surface area contributed by atoms with E-state index in [1.165, 1.54) is 48.8 Å². The molecule has 1 saturated carbocycles. The van der Waals surface area contributed by atoms with Gasteiger partial charge in [0, 0.05) is 12.5 Å². The van der Waals surface area contributed by atoms with Crippen LogP contribution in [-0.2, 0) is 19.3 Å². The van der Waals surface area contributed by atoms with E-state index in [0.29, 0.717) is 12.5 Å². The van der Waals surface area contributed by atoms with Crippen molar-refractivity contribution in [3.8, 4) is 0 Å². The van der Waals surface area contributed by atoms with Gasteiger partial charge in [0.2, 0.25) is 0 Å². The van der Waals surface area contributed by atoms with Gasteiger partial charge in [0.1, 0.15) is 0 Å². The van der Waals surface area contributed by atoms with Crippen LogP contribution < -0.4 is 0 Å². The van der Waals surface area contributed by atoms with Crippen LogP contribution in [0.15, 0.2) is 30.7 Å². The molecular weight excluding hydrogens is 248 g/mol. The zero-order chi connectivity index (χ0) is 13.5. The molecule has 0 spiro atoms. The fraction of sp³-hybridized carbons (Fsp3) is 0.471. The molecule has 1 aromatic carbocycles. The molecule has 104 valence electrons. The summed E-state index contributed by atoms with van der Waals surface area (Å²) in [5.74, 6) is 0. The summed E-state index contributed by atoms with van der Waals surface area (Å²) >= 11 is 0. The topological polar surface area (TPSA) is 38.1 Å². The van der Waals surface area contributed by atoms with Crippen LogP contribution in [0.2, 0.25) is 0 Å². The first-order valence-electron chi connectivity index (χ1n) is 7.62. The lowest BCUT2D eigenvalue weighted by atomic mass is 10.0. The minimum absolute atomic E-state index is 0.447. The second kappa shape index (κ2) is 4.74. The molecule has 3 heteroatoms. The van der Waals surface area contributed by atoms with Crippen LogP contribution in [0.1, 0.15) is 53.8 Å². The molecule has 2 aliphatic carbocycles. The zero-order valence-corrected chi connectivity index (χ0v) is 11.6. The molecular formula is C17H20N2O. The Morgan fingerprint density at radius 2 is 2.10 bits per heavy atom. The monoisotopic (exact) mass is 268 g/mol. The van der Waals surface area contributed by atoms with E-state index < -0.39 is 6.10 Å². The predicted octanol–water partition coefficient (Wildman–Crippen LogP) is 2.98. The fourth-order valence-electron chi connectivity index (χ4n) is 3.31. The van der Waals surface area contributed by atoms with Crippen molar-refractivity contribution in [1.82, 2.24) is 9.55 Å². The Balaban J connectivity index is 1.54. The van der Waals surface area contributed by atoms with Crippen molar-refractivity contribution in [3.63, 3.8) is 0 Å². The highest BCUT2D eigenvalue weighted by Gasteiger charge is 2.27. The highest BCUT2D eigenvalue weighted by atomic mass is 16.3. The van der Waals surface area contributed by atoms with Gasteiger partial charge in [-0.2, -0.15) is 0 Å². The van der Waals surface area contributed by atoms with E-state index in [2.05, 4.69) is 27.8 Å². The van der Waals surface area contributed by atoms with Crippen molar-refractivity contribution in [1.29, 1.82) is 0 Å². The van der Waals surface area contributed by atoms with E-state index in [1.54, 1.807) is 0 Å².